The number of rotatable bonds is 8. The SMILES string of the molecule is NS(=O)(=O)c1cccc(NC(=O)CSc2nnc(-c3ccc(Cl)cc3)n2Cc2ccco2)c1. The molecule has 0 bridgehead atoms. The van der Waals surface area contributed by atoms with Gasteiger partial charge >= 0.3 is 0 Å². The van der Waals surface area contributed by atoms with E-state index in [1.807, 2.05) is 22.8 Å². The van der Waals surface area contributed by atoms with Crippen molar-refractivity contribution in [3.05, 3.63) is 77.7 Å². The first-order chi connectivity index (χ1) is 15.8. The number of carbonyl (C=O) groups is 1. The van der Waals surface area contributed by atoms with Crippen molar-refractivity contribution in [2.24, 2.45) is 5.14 Å². The summed E-state index contributed by atoms with van der Waals surface area (Å²) in [5.41, 5.74) is 1.14. The van der Waals surface area contributed by atoms with Crippen LogP contribution in [0.5, 0.6) is 0 Å². The number of thioether (sulfide) groups is 1. The number of primary sulfonamides is 1. The van der Waals surface area contributed by atoms with Crippen LogP contribution in [0.2, 0.25) is 5.02 Å². The van der Waals surface area contributed by atoms with E-state index < -0.39 is 10.0 Å². The quantitative estimate of drug-likeness (QED) is 0.351. The van der Waals surface area contributed by atoms with Gasteiger partial charge in [0.25, 0.3) is 0 Å². The predicted molar refractivity (Wildman–Crippen MR) is 125 cm³/mol. The summed E-state index contributed by atoms with van der Waals surface area (Å²) in [6.45, 7) is 0.373. The number of sulfonamides is 1. The molecule has 0 saturated heterocycles. The van der Waals surface area contributed by atoms with Crippen LogP contribution in [0.15, 0.2) is 81.4 Å². The van der Waals surface area contributed by atoms with Crippen LogP contribution in [0, 0.1) is 0 Å². The highest BCUT2D eigenvalue weighted by Gasteiger charge is 2.17. The molecule has 4 aromatic rings. The minimum Gasteiger partial charge on any atom is -0.467 e. The molecule has 170 valence electrons. The summed E-state index contributed by atoms with van der Waals surface area (Å²) in [6, 6.07) is 16.6. The Kier molecular flexibility index (Phi) is 6.84. The topological polar surface area (TPSA) is 133 Å². The summed E-state index contributed by atoms with van der Waals surface area (Å²) < 4.78 is 30.3. The lowest BCUT2D eigenvalue weighted by molar-refractivity contribution is -0.113. The number of nitrogens with two attached hydrogens (primary N) is 1. The van der Waals surface area contributed by atoms with Crippen LogP contribution in [0.4, 0.5) is 5.69 Å². The highest BCUT2D eigenvalue weighted by Crippen LogP contribution is 2.26. The van der Waals surface area contributed by atoms with Gasteiger partial charge in [0, 0.05) is 16.3 Å². The number of anilines is 1. The Labute approximate surface area is 199 Å². The van der Waals surface area contributed by atoms with E-state index in [0.717, 1.165) is 5.56 Å². The van der Waals surface area contributed by atoms with Crippen LogP contribution in [0.25, 0.3) is 11.4 Å². The van der Waals surface area contributed by atoms with Gasteiger partial charge in [0.15, 0.2) is 11.0 Å². The lowest BCUT2D eigenvalue weighted by Crippen LogP contribution is -2.16. The van der Waals surface area contributed by atoms with Gasteiger partial charge in [0.1, 0.15) is 5.76 Å². The number of nitrogens with zero attached hydrogens (tertiary/aromatic N) is 3. The monoisotopic (exact) mass is 503 g/mol. The van der Waals surface area contributed by atoms with Gasteiger partial charge in [-0.2, -0.15) is 0 Å². The highest BCUT2D eigenvalue weighted by atomic mass is 35.5. The number of furan rings is 1. The van der Waals surface area contributed by atoms with Gasteiger partial charge in [0.05, 0.1) is 23.5 Å². The number of halogens is 1. The maximum absolute atomic E-state index is 12.5. The molecule has 0 fully saturated rings. The summed E-state index contributed by atoms with van der Waals surface area (Å²) >= 11 is 7.19. The molecule has 0 radical (unpaired) electrons. The van der Waals surface area contributed by atoms with Gasteiger partial charge in [-0.15, -0.1) is 10.2 Å². The van der Waals surface area contributed by atoms with Gasteiger partial charge in [-0.1, -0.05) is 29.4 Å². The Balaban J connectivity index is 1.52. The molecule has 0 saturated carbocycles. The van der Waals surface area contributed by atoms with E-state index in [9.17, 15) is 13.2 Å². The van der Waals surface area contributed by atoms with Crippen molar-refractivity contribution in [1.29, 1.82) is 0 Å². The predicted octanol–water partition coefficient (Wildman–Crippen LogP) is 3.62. The maximum atomic E-state index is 12.5. The number of hydrogen-bond acceptors (Lipinski definition) is 7. The molecular weight excluding hydrogens is 486 g/mol. The van der Waals surface area contributed by atoms with Crippen molar-refractivity contribution < 1.29 is 17.6 Å². The van der Waals surface area contributed by atoms with Gasteiger partial charge in [0.2, 0.25) is 15.9 Å². The lowest BCUT2D eigenvalue weighted by Gasteiger charge is -2.09. The minimum atomic E-state index is -3.87. The number of benzene rings is 2. The largest absolute Gasteiger partial charge is 0.467 e. The van der Waals surface area contributed by atoms with Crippen LogP contribution in [0.1, 0.15) is 5.76 Å². The molecule has 33 heavy (non-hydrogen) atoms. The first kappa shape index (κ1) is 23.1. The number of carbonyl (C=O) groups excluding carboxylic acids is 1. The Bertz CT molecular complexity index is 1370. The first-order valence-electron chi connectivity index (χ1n) is 9.56. The Morgan fingerprint density at radius 1 is 1.12 bits per heavy atom. The van der Waals surface area contributed by atoms with Gasteiger partial charge in [-0.25, -0.2) is 13.6 Å². The molecule has 2 aromatic heterocycles. The second-order valence-electron chi connectivity index (χ2n) is 6.89. The summed E-state index contributed by atoms with van der Waals surface area (Å²) in [4.78, 5) is 12.4. The molecule has 0 aliphatic rings. The normalized spacial score (nSPS) is 11.5. The number of hydrogen-bond donors (Lipinski definition) is 2. The Morgan fingerprint density at radius 3 is 2.61 bits per heavy atom. The van der Waals surface area contributed by atoms with Gasteiger partial charge in [-0.3, -0.25) is 9.36 Å². The molecule has 0 aliphatic carbocycles. The van der Waals surface area contributed by atoms with Crippen molar-refractivity contribution in [1.82, 2.24) is 14.8 Å². The van der Waals surface area contributed by atoms with Gasteiger partial charge in [-0.05, 0) is 54.6 Å². The molecule has 0 aliphatic heterocycles. The molecule has 3 N–H and O–H groups in total. The molecule has 0 spiro atoms. The minimum absolute atomic E-state index is 0.0243. The number of nitrogens with one attached hydrogen (secondary N) is 1. The standard InChI is InChI=1S/C21H18ClN5O4S2/c22-15-8-6-14(7-9-15)20-25-26-21(27(20)12-17-4-2-10-31-17)32-13-19(28)24-16-3-1-5-18(11-16)33(23,29)30/h1-11H,12-13H2,(H,24,28)(H2,23,29,30). The zero-order chi connectivity index (χ0) is 23.4. The van der Waals surface area contributed by atoms with E-state index in [1.54, 1.807) is 30.5 Å². The van der Waals surface area contributed by atoms with Crippen LogP contribution < -0.4 is 10.5 Å². The average molecular weight is 504 g/mol. The van der Waals surface area contributed by atoms with Crippen LogP contribution in [0.3, 0.4) is 0 Å². The van der Waals surface area contributed by atoms with Crippen molar-refractivity contribution in [3.8, 4) is 11.4 Å². The fourth-order valence-electron chi connectivity index (χ4n) is 2.99. The van der Waals surface area contributed by atoms with Crippen molar-refractivity contribution in [2.75, 3.05) is 11.1 Å². The molecule has 0 unspecified atom stereocenters. The number of amides is 1. The van der Waals surface area contributed by atoms with Crippen LogP contribution in [-0.2, 0) is 21.4 Å². The average Bonchev–Trinajstić information content (AvgIpc) is 3.43. The zero-order valence-electron chi connectivity index (χ0n) is 17.0. The molecular formula is C21H18ClN5O4S2. The van der Waals surface area contributed by atoms with E-state index in [4.69, 9.17) is 21.2 Å². The fraction of sp³-hybridized carbons (Fsp3) is 0.0952. The Morgan fingerprint density at radius 2 is 1.91 bits per heavy atom. The smallest absolute Gasteiger partial charge is 0.238 e. The molecule has 0 atom stereocenters. The number of aromatic nitrogens is 3. The second kappa shape index (κ2) is 9.79. The van der Waals surface area contributed by atoms with E-state index in [-0.39, 0.29) is 16.6 Å². The van der Waals surface area contributed by atoms with E-state index in [0.29, 0.717) is 34.0 Å². The molecule has 4 rings (SSSR count). The fourth-order valence-corrected chi connectivity index (χ4v) is 4.41. The van der Waals surface area contributed by atoms with Crippen molar-refractivity contribution in [3.63, 3.8) is 0 Å². The summed E-state index contributed by atoms with van der Waals surface area (Å²) in [7, 11) is -3.87. The van der Waals surface area contributed by atoms with Crippen molar-refractivity contribution >= 4 is 45.0 Å². The zero-order valence-corrected chi connectivity index (χ0v) is 19.4. The molecule has 2 heterocycles. The third-order valence-corrected chi connectivity index (χ3v) is 6.62. The molecule has 12 heteroatoms. The summed E-state index contributed by atoms with van der Waals surface area (Å²) in [6.07, 6.45) is 1.58. The summed E-state index contributed by atoms with van der Waals surface area (Å²) in [5.74, 6) is 0.992. The highest BCUT2D eigenvalue weighted by molar-refractivity contribution is 7.99. The maximum Gasteiger partial charge on any atom is 0.238 e. The van der Waals surface area contributed by atoms with Gasteiger partial charge < -0.3 is 9.73 Å². The third-order valence-electron chi connectivity index (χ3n) is 4.49. The third kappa shape index (κ3) is 5.82. The molecule has 2 aromatic carbocycles. The first-order valence-corrected chi connectivity index (χ1v) is 12.5. The molecule has 1 amide bonds. The van der Waals surface area contributed by atoms with E-state index in [1.165, 1.54) is 30.0 Å². The Hall–Kier alpha value is -3.12. The molecule has 9 nitrogen and oxygen atoms in total. The van der Waals surface area contributed by atoms with E-state index >= 15 is 0 Å². The lowest BCUT2D eigenvalue weighted by atomic mass is 10.2. The van der Waals surface area contributed by atoms with Crippen molar-refractivity contribution in [2.45, 2.75) is 16.6 Å². The summed E-state index contributed by atoms with van der Waals surface area (Å²) in [5, 5.41) is 17.5. The van der Waals surface area contributed by atoms with Crippen LogP contribution >= 0.6 is 23.4 Å². The second-order valence-corrected chi connectivity index (χ2v) is 9.83. The van der Waals surface area contributed by atoms with E-state index in [2.05, 4.69) is 15.5 Å². The van der Waals surface area contributed by atoms with Crippen LogP contribution in [-0.4, -0.2) is 34.8 Å².